The summed E-state index contributed by atoms with van der Waals surface area (Å²) in [7, 11) is 0. The molecular formula is C17H21N3O. The molecule has 1 aliphatic heterocycles. The predicted molar refractivity (Wildman–Crippen MR) is 86.5 cm³/mol. The van der Waals surface area contributed by atoms with E-state index in [1.54, 1.807) is 6.07 Å². The molecule has 4 heteroatoms. The molecule has 0 radical (unpaired) electrons. The van der Waals surface area contributed by atoms with Crippen LogP contribution in [0.1, 0.15) is 5.56 Å². The van der Waals surface area contributed by atoms with Gasteiger partial charge in [0.25, 0.3) is 0 Å². The third-order valence-corrected chi connectivity index (χ3v) is 3.99. The summed E-state index contributed by atoms with van der Waals surface area (Å²) >= 11 is 0. The van der Waals surface area contributed by atoms with Crippen molar-refractivity contribution >= 4 is 11.4 Å². The van der Waals surface area contributed by atoms with E-state index in [-0.39, 0.29) is 5.75 Å². The molecule has 2 aromatic carbocycles. The Morgan fingerprint density at radius 1 is 0.952 bits per heavy atom. The number of hydrogen-bond acceptors (Lipinski definition) is 4. The number of anilines is 2. The molecule has 0 atom stereocenters. The maximum atomic E-state index is 9.47. The molecule has 1 saturated heterocycles. The number of nitrogen functional groups attached to an aromatic ring is 1. The van der Waals surface area contributed by atoms with E-state index >= 15 is 0 Å². The van der Waals surface area contributed by atoms with Crippen molar-refractivity contribution in [2.24, 2.45) is 0 Å². The van der Waals surface area contributed by atoms with Crippen LogP contribution in [-0.4, -0.2) is 36.2 Å². The summed E-state index contributed by atoms with van der Waals surface area (Å²) in [4.78, 5) is 4.84. The summed E-state index contributed by atoms with van der Waals surface area (Å²) < 4.78 is 0. The molecule has 2 aromatic rings. The van der Waals surface area contributed by atoms with Crippen LogP contribution in [0.5, 0.6) is 5.75 Å². The van der Waals surface area contributed by atoms with Gasteiger partial charge in [-0.05, 0) is 29.8 Å². The van der Waals surface area contributed by atoms with Crippen LogP contribution in [0.15, 0.2) is 48.5 Å². The number of piperazine rings is 1. The summed E-state index contributed by atoms with van der Waals surface area (Å²) in [6.45, 7) is 5.04. The molecule has 1 fully saturated rings. The largest absolute Gasteiger partial charge is 0.506 e. The first kappa shape index (κ1) is 13.8. The second-order valence-electron chi connectivity index (χ2n) is 5.49. The average Bonchev–Trinajstić information content (AvgIpc) is 2.53. The quantitative estimate of drug-likeness (QED) is 0.670. The number of aromatic hydroxyl groups is 1. The molecule has 0 aromatic heterocycles. The van der Waals surface area contributed by atoms with Gasteiger partial charge in [-0.3, -0.25) is 4.90 Å². The van der Waals surface area contributed by atoms with Crippen LogP contribution in [0.4, 0.5) is 11.4 Å². The molecule has 0 spiro atoms. The summed E-state index contributed by atoms with van der Waals surface area (Å²) in [5.74, 6) is 0.160. The minimum absolute atomic E-state index is 0.160. The maximum Gasteiger partial charge on any atom is 0.138 e. The van der Waals surface area contributed by atoms with Crippen LogP contribution in [0.3, 0.4) is 0 Å². The van der Waals surface area contributed by atoms with Crippen molar-refractivity contribution in [1.29, 1.82) is 0 Å². The first-order valence-corrected chi connectivity index (χ1v) is 7.32. The van der Waals surface area contributed by atoms with Gasteiger partial charge in [0.05, 0.1) is 5.69 Å². The standard InChI is InChI=1S/C17H21N3O/c18-16-12-14(6-7-17(16)21)13-19-8-10-20(11-9-19)15-4-2-1-3-5-15/h1-7,12,21H,8-11,13,18H2. The van der Waals surface area contributed by atoms with Crippen LogP contribution in [0.2, 0.25) is 0 Å². The lowest BCUT2D eigenvalue weighted by molar-refractivity contribution is 0.250. The van der Waals surface area contributed by atoms with Gasteiger partial charge < -0.3 is 15.7 Å². The Labute approximate surface area is 125 Å². The normalized spacial score (nSPS) is 16.1. The Bertz CT molecular complexity index is 592. The third kappa shape index (κ3) is 3.28. The molecule has 4 nitrogen and oxygen atoms in total. The number of phenols is 1. The fraction of sp³-hybridized carbons (Fsp3) is 0.294. The monoisotopic (exact) mass is 283 g/mol. The number of hydrogen-bond donors (Lipinski definition) is 2. The van der Waals surface area contributed by atoms with E-state index in [9.17, 15) is 5.11 Å². The average molecular weight is 283 g/mol. The van der Waals surface area contributed by atoms with E-state index < -0.39 is 0 Å². The van der Waals surface area contributed by atoms with Crippen molar-refractivity contribution in [2.75, 3.05) is 36.8 Å². The Kier molecular flexibility index (Phi) is 3.97. The smallest absolute Gasteiger partial charge is 0.138 e. The van der Waals surface area contributed by atoms with E-state index in [4.69, 9.17) is 5.73 Å². The molecule has 0 amide bonds. The van der Waals surface area contributed by atoms with E-state index in [0.717, 1.165) is 38.3 Å². The highest BCUT2D eigenvalue weighted by atomic mass is 16.3. The fourth-order valence-corrected chi connectivity index (χ4v) is 2.76. The summed E-state index contributed by atoms with van der Waals surface area (Å²) in [5.41, 5.74) is 8.65. The predicted octanol–water partition coefficient (Wildman–Crippen LogP) is 2.30. The van der Waals surface area contributed by atoms with Crippen molar-refractivity contribution in [3.8, 4) is 5.75 Å². The molecule has 110 valence electrons. The van der Waals surface area contributed by atoms with Gasteiger partial charge in [-0.15, -0.1) is 0 Å². The first-order chi connectivity index (χ1) is 10.2. The lowest BCUT2D eigenvalue weighted by Gasteiger charge is -2.36. The van der Waals surface area contributed by atoms with Crippen molar-refractivity contribution in [3.05, 3.63) is 54.1 Å². The van der Waals surface area contributed by atoms with Gasteiger partial charge in [-0.25, -0.2) is 0 Å². The Hall–Kier alpha value is -2.20. The van der Waals surface area contributed by atoms with Crippen molar-refractivity contribution in [2.45, 2.75) is 6.54 Å². The van der Waals surface area contributed by atoms with Crippen LogP contribution in [-0.2, 0) is 6.54 Å². The molecule has 3 rings (SSSR count). The minimum Gasteiger partial charge on any atom is -0.506 e. The van der Waals surface area contributed by atoms with Crippen molar-refractivity contribution in [3.63, 3.8) is 0 Å². The fourth-order valence-electron chi connectivity index (χ4n) is 2.76. The Morgan fingerprint density at radius 2 is 1.67 bits per heavy atom. The second kappa shape index (κ2) is 6.06. The lowest BCUT2D eigenvalue weighted by Crippen LogP contribution is -2.45. The van der Waals surface area contributed by atoms with Crippen LogP contribution >= 0.6 is 0 Å². The van der Waals surface area contributed by atoms with Crippen molar-refractivity contribution < 1.29 is 5.11 Å². The molecule has 0 saturated carbocycles. The number of rotatable bonds is 3. The van der Waals surface area contributed by atoms with Crippen molar-refractivity contribution in [1.82, 2.24) is 4.90 Å². The Morgan fingerprint density at radius 3 is 2.33 bits per heavy atom. The summed E-state index contributed by atoms with van der Waals surface area (Å²) in [6.07, 6.45) is 0. The zero-order valence-corrected chi connectivity index (χ0v) is 12.1. The number of para-hydroxylation sites is 1. The van der Waals surface area contributed by atoms with Gasteiger partial charge in [0.2, 0.25) is 0 Å². The number of benzene rings is 2. The highest BCUT2D eigenvalue weighted by Gasteiger charge is 2.17. The third-order valence-electron chi connectivity index (χ3n) is 3.99. The number of nitrogens with two attached hydrogens (primary N) is 1. The van der Waals surface area contributed by atoms with Gasteiger partial charge in [0.1, 0.15) is 5.75 Å². The molecule has 1 heterocycles. The topological polar surface area (TPSA) is 52.7 Å². The first-order valence-electron chi connectivity index (χ1n) is 7.32. The zero-order chi connectivity index (χ0) is 14.7. The molecular weight excluding hydrogens is 262 g/mol. The van der Waals surface area contributed by atoms with E-state index in [2.05, 4.69) is 40.1 Å². The van der Waals surface area contributed by atoms with E-state index in [0.29, 0.717) is 5.69 Å². The minimum atomic E-state index is 0.160. The van der Waals surface area contributed by atoms with Gasteiger partial charge in [0.15, 0.2) is 0 Å². The highest BCUT2D eigenvalue weighted by molar-refractivity contribution is 5.53. The summed E-state index contributed by atoms with van der Waals surface area (Å²) in [6, 6.07) is 16.0. The number of nitrogens with zero attached hydrogens (tertiary/aromatic N) is 2. The molecule has 0 bridgehead atoms. The van der Waals surface area contributed by atoms with Gasteiger partial charge in [-0.2, -0.15) is 0 Å². The zero-order valence-electron chi connectivity index (χ0n) is 12.1. The Balaban J connectivity index is 1.57. The molecule has 0 aliphatic carbocycles. The summed E-state index contributed by atoms with van der Waals surface area (Å²) in [5, 5.41) is 9.47. The van der Waals surface area contributed by atoms with Gasteiger partial charge in [0, 0.05) is 38.4 Å². The lowest BCUT2D eigenvalue weighted by atomic mass is 10.1. The molecule has 1 aliphatic rings. The molecule has 0 unspecified atom stereocenters. The highest BCUT2D eigenvalue weighted by Crippen LogP contribution is 2.22. The van der Waals surface area contributed by atoms with Crippen LogP contribution in [0.25, 0.3) is 0 Å². The second-order valence-corrected chi connectivity index (χ2v) is 5.49. The number of phenolic OH excluding ortho intramolecular Hbond substituents is 1. The van der Waals surface area contributed by atoms with Gasteiger partial charge in [-0.1, -0.05) is 24.3 Å². The van der Waals surface area contributed by atoms with Crippen LogP contribution < -0.4 is 10.6 Å². The SMILES string of the molecule is Nc1cc(CN2CCN(c3ccccc3)CC2)ccc1O. The van der Waals surface area contributed by atoms with E-state index in [1.807, 2.05) is 12.1 Å². The maximum absolute atomic E-state index is 9.47. The van der Waals surface area contributed by atoms with E-state index in [1.165, 1.54) is 5.69 Å². The molecule has 21 heavy (non-hydrogen) atoms. The van der Waals surface area contributed by atoms with Crippen LogP contribution in [0, 0.1) is 0 Å². The van der Waals surface area contributed by atoms with Gasteiger partial charge >= 0.3 is 0 Å². The molecule has 3 N–H and O–H groups in total.